The zero-order chi connectivity index (χ0) is 8.97. The summed E-state index contributed by atoms with van der Waals surface area (Å²) in [6.45, 7) is 1.80. The Morgan fingerprint density at radius 2 is 1.75 bits per heavy atom. The monoisotopic (exact) mass is 172 g/mol. The average molecular weight is 172 g/mol. The van der Waals surface area contributed by atoms with Gasteiger partial charge < -0.3 is 9.47 Å². The summed E-state index contributed by atoms with van der Waals surface area (Å²) in [5.74, 6) is -0.566. The molecule has 0 aliphatic carbocycles. The van der Waals surface area contributed by atoms with Crippen LogP contribution in [0.4, 0.5) is 0 Å². The fraction of sp³-hybridized carbons (Fsp3) is 0.750. The molecule has 0 N–H and O–H groups in total. The number of rotatable bonds is 1. The molecule has 0 spiro atoms. The largest absolute Gasteiger partial charge is 0.425 e. The summed E-state index contributed by atoms with van der Waals surface area (Å²) < 4.78 is 9.66. The smallest absolute Gasteiger partial charge is 0.308 e. The van der Waals surface area contributed by atoms with Crippen LogP contribution in [0.15, 0.2) is 0 Å². The average Bonchev–Trinajstić information content (AvgIpc) is 2.00. The number of hydrogen-bond donors (Lipinski definition) is 0. The highest BCUT2D eigenvalue weighted by Crippen LogP contribution is 2.11. The molecule has 1 saturated heterocycles. The summed E-state index contributed by atoms with van der Waals surface area (Å²) in [6.07, 6.45) is 0.980. The first-order valence-electron chi connectivity index (χ1n) is 4.11. The first-order chi connectivity index (χ1) is 5.72. The van der Waals surface area contributed by atoms with Crippen LogP contribution >= 0.6 is 0 Å². The molecular weight excluding hydrogens is 160 g/mol. The van der Waals surface area contributed by atoms with E-state index in [9.17, 15) is 9.59 Å². The Kier molecular flexibility index (Phi) is 3.08. The lowest BCUT2D eigenvalue weighted by Crippen LogP contribution is -2.26. The highest BCUT2D eigenvalue weighted by Gasteiger charge is 2.20. The number of hydrogen-bond acceptors (Lipinski definition) is 4. The van der Waals surface area contributed by atoms with Crippen molar-refractivity contribution in [2.45, 2.75) is 38.9 Å². The van der Waals surface area contributed by atoms with Crippen LogP contribution < -0.4 is 0 Å². The van der Waals surface area contributed by atoms with E-state index in [-0.39, 0.29) is 11.9 Å². The molecule has 0 radical (unpaired) electrons. The van der Waals surface area contributed by atoms with Gasteiger partial charge >= 0.3 is 11.9 Å². The van der Waals surface area contributed by atoms with Crippen molar-refractivity contribution in [2.24, 2.45) is 0 Å². The first-order valence-corrected chi connectivity index (χ1v) is 4.11. The molecule has 0 aromatic rings. The van der Waals surface area contributed by atoms with Gasteiger partial charge in [-0.2, -0.15) is 0 Å². The third-order valence-corrected chi connectivity index (χ3v) is 1.62. The molecule has 0 bridgehead atoms. The minimum atomic E-state index is -0.676. The highest BCUT2D eigenvalue weighted by atomic mass is 16.7. The minimum Gasteiger partial charge on any atom is -0.425 e. The molecule has 1 aliphatic heterocycles. The van der Waals surface area contributed by atoms with Crippen LogP contribution in [0.5, 0.6) is 0 Å². The molecule has 4 heteroatoms. The molecule has 1 fully saturated rings. The third kappa shape index (κ3) is 2.53. The van der Waals surface area contributed by atoms with Crippen molar-refractivity contribution in [3.63, 3.8) is 0 Å². The van der Waals surface area contributed by atoms with Gasteiger partial charge in [0.15, 0.2) is 0 Å². The summed E-state index contributed by atoms with van der Waals surface area (Å²) in [7, 11) is 0. The number of cyclic esters (lactones) is 2. The second-order valence-corrected chi connectivity index (χ2v) is 2.67. The van der Waals surface area contributed by atoms with Crippen molar-refractivity contribution in [1.82, 2.24) is 0 Å². The maximum Gasteiger partial charge on any atom is 0.308 e. The van der Waals surface area contributed by atoms with E-state index in [4.69, 9.17) is 9.47 Å². The lowest BCUT2D eigenvalue weighted by molar-refractivity contribution is -0.191. The van der Waals surface area contributed by atoms with Crippen LogP contribution in [0.3, 0.4) is 0 Å². The summed E-state index contributed by atoms with van der Waals surface area (Å²) in [5.41, 5.74) is 0. The maximum absolute atomic E-state index is 10.9. The Labute approximate surface area is 70.8 Å². The molecular formula is C8H12O4. The SMILES string of the molecule is CCC1OC(=O)CCCC(=O)O1. The second kappa shape index (κ2) is 4.09. The molecule has 68 valence electrons. The Balaban J connectivity index is 2.50. The van der Waals surface area contributed by atoms with Crippen LogP contribution in [-0.4, -0.2) is 18.2 Å². The lowest BCUT2D eigenvalue weighted by atomic mass is 10.2. The first kappa shape index (κ1) is 9.03. The predicted molar refractivity (Wildman–Crippen MR) is 40.1 cm³/mol. The zero-order valence-corrected chi connectivity index (χ0v) is 7.04. The molecule has 12 heavy (non-hydrogen) atoms. The van der Waals surface area contributed by atoms with E-state index in [1.807, 2.05) is 0 Å². The van der Waals surface area contributed by atoms with Crippen LogP contribution in [0.2, 0.25) is 0 Å². The van der Waals surface area contributed by atoms with Gasteiger partial charge in [0.05, 0.1) is 0 Å². The van der Waals surface area contributed by atoms with Crippen molar-refractivity contribution in [1.29, 1.82) is 0 Å². The van der Waals surface area contributed by atoms with Gasteiger partial charge in [0.1, 0.15) is 0 Å². The zero-order valence-electron chi connectivity index (χ0n) is 7.04. The summed E-state index contributed by atoms with van der Waals surface area (Å²) in [5, 5.41) is 0. The van der Waals surface area contributed by atoms with E-state index in [0.717, 1.165) is 0 Å². The van der Waals surface area contributed by atoms with E-state index in [1.54, 1.807) is 6.92 Å². The van der Waals surface area contributed by atoms with Crippen molar-refractivity contribution in [3.05, 3.63) is 0 Å². The Bertz CT molecular complexity index is 169. The van der Waals surface area contributed by atoms with E-state index >= 15 is 0 Å². The van der Waals surface area contributed by atoms with Crippen molar-refractivity contribution < 1.29 is 19.1 Å². The van der Waals surface area contributed by atoms with Crippen molar-refractivity contribution in [3.8, 4) is 0 Å². The molecule has 0 saturated carbocycles. The maximum atomic E-state index is 10.9. The Morgan fingerprint density at radius 3 is 2.17 bits per heavy atom. The molecule has 0 amide bonds. The molecule has 0 aromatic heterocycles. The van der Waals surface area contributed by atoms with Gasteiger partial charge in [-0.15, -0.1) is 0 Å². The third-order valence-electron chi connectivity index (χ3n) is 1.62. The fourth-order valence-corrected chi connectivity index (χ4v) is 0.979. The topological polar surface area (TPSA) is 52.6 Å². The van der Waals surface area contributed by atoms with E-state index in [2.05, 4.69) is 0 Å². The van der Waals surface area contributed by atoms with E-state index in [1.165, 1.54) is 0 Å². The van der Waals surface area contributed by atoms with E-state index < -0.39 is 6.29 Å². The predicted octanol–water partition coefficient (Wildman–Crippen LogP) is 0.993. The van der Waals surface area contributed by atoms with Crippen molar-refractivity contribution in [2.75, 3.05) is 0 Å². The Hall–Kier alpha value is -1.06. The molecule has 0 unspecified atom stereocenters. The van der Waals surface area contributed by atoms with Crippen LogP contribution in [0.1, 0.15) is 32.6 Å². The number of esters is 2. The van der Waals surface area contributed by atoms with Gasteiger partial charge in [-0.05, 0) is 6.42 Å². The van der Waals surface area contributed by atoms with Gasteiger partial charge in [-0.3, -0.25) is 9.59 Å². The van der Waals surface area contributed by atoms with Crippen LogP contribution in [0.25, 0.3) is 0 Å². The highest BCUT2D eigenvalue weighted by molar-refractivity contribution is 5.74. The fourth-order valence-electron chi connectivity index (χ4n) is 0.979. The quantitative estimate of drug-likeness (QED) is 0.553. The number of carbonyl (C=O) groups excluding carboxylic acids is 2. The molecule has 4 nitrogen and oxygen atoms in total. The van der Waals surface area contributed by atoms with Gasteiger partial charge in [-0.1, -0.05) is 6.92 Å². The molecule has 0 aromatic carbocycles. The van der Waals surface area contributed by atoms with Gasteiger partial charge in [0, 0.05) is 19.3 Å². The molecule has 1 rings (SSSR count). The Morgan fingerprint density at radius 1 is 1.25 bits per heavy atom. The van der Waals surface area contributed by atoms with Gasteiger partial charge in [-0.25, -0.2) is 0 Å². The number of ether oxygens (including phenoxy) is 2. The lowest BCUT2D eigenvalue weighted by Gasteiger charge is -2.18. The van der Waals surface area contributed by atoms with Gasteiger partial charge in [0.25, 0.3) is 0 Å². The van der Waals surface area contributed by atoms with E-state index in [0.29, 0.717) is 25.7 Å². The molecule has 0 atom stereocenters. The normalized spacial score (nSPS) is 20.8. The second-order valence-electron chi connectivity index (χ2n) is 2.67. The minimum absolute atomic E-state index is 0.283. The summed E-state index contributed by atoms with van der Waals surface area (Å²) in [4.78, 5) is 21.8. The number of carbonyl (C=O) groups is 2. The summed E-state index contributed by atoms with van der Waals surface area (Å²) >= 11 is 0. The summed E-state index contributed by atoms with van der Waals surface area (Å²) in [6, 6.07) is 0. The molecule has 1 heterocycles. The van der Waals surface area contributed by atoms with Crippen molar-refractivity contribution >= 4 is 11.9 Å². The van der Waals surface area contributed by atoms with Crippen LogP contribution in [-0.2, 0) is 19.1 Å². The van der Waals surface area contributed by atoms with Crippen LogP contribution in [0, 0.1) is 0 Å². The standard InChI is InChI=1S/C8H12O4/c1-2-8-11-6(9)4-3-5-7(10)12-8/h8H,2-5H2,1H3. The molecule has 1 aliphatic rings. The van der Waals surface area contributed by atoms with Gasteiger partial charge in [0.2, 0.25) is 6.29 Å².